The maximum absolute atomic E-state index is 5.88. The van der Waals surface area contributed by atoms with Gasteiger partial charge >= 0.3 is 0 Å². The molecular formula is C26H38O5. The van der Waals surface area contributed by atoms with Gasteiger partial charge in [0.2, 0.25) is 0 Å². The van der Waals surface area contributed by atoms with Crippen LogP contribution >= 0.6 is 0 Å². The molecule has 1 atom stereocenters. The number of rotatable bonds is 8. The van der Waals surface area contributed by atoms with Crippen LogP contribution in [0.1, 0.15) is 52.7 Å². The molecule has 0 spiro atoms. The fourth-order valence-electron chi connectivity index (χ4n) is 3.30. The molecule has 1 aliphatic heterocycles. The van der Waals surface area contributed by atoms with Crippen LogP contribution in [0.15, 0.2) is 48.5 Å². The van der Waals surface area contributed by atoms with Crippen LogP contribution in [-0.2, 0) is 19.6 Å². The average Bonchev–Trinajstić information content (AvgIpc) is 3.12. The molecule has 0 saturated carbocycles. The molecule has 0 radical (unpaired) electrons. The normalized spacial score (nSPS) is 17.6. The number of hydrogen-bond donors (Lipinski definition) is 0. The first-order valence-electron chi connectivity index (χ1n) is 11.0. The van der Waals surface area contributed by atoms with Gasteiger partial charge in [0.25, 0.3) is 0 Å². The highest BCUT2D eigenvalue weighted by molar-refractivity contribution is 5.41. The minimum absolute atomic E-state index is 0.0278. The van der Waals surface area contributed by atoms with E-state index in [2.05, 4.69) is 42.8 Å². The van der Waals surface area contributed by atoms with Crippen molar-refractivity contribution in [2.24, 2.45) is 0 Å². The van der Waals surface area contributed by atoms with Gasteiger partial charge in [0.05, 0.1) is 13.2 Å². The van der Waals surface area contributed by atoms with Gasteiger partial charge in [-0.15, -0.1) is 0 Å². The largest absolute Gasteiger partial charge is 0.494 e. The molecule has 31 heavy (non-hydrogen) atoms. The summed E-state index contributed by atoms with van der Waals surface area (Å²) < 4.78 is 27.3. The Morgan fingerprint density at radius 2 is 1.35 bits per heavy atom. The Balaban J connectivity index is 0.000000785. The summed E-state index contributed by atoms with van der Waals surface area (Å²) in [6.45, 7) is 14.8. The van der Waals surface area contributed by atoms with E-state index in [0.29, 0.717) is 19.8 Å². The van der Waals surface area contributed by atoms with Gasteiger partial charge in [-0.05, 0) is 63.1 Å². The standard InChI is InChI=1S/C23H30O4.C3H8O/c1-6-24-19-11-7-17(8-12-19)22(2,3)18-9-13-20(14-10-18)25-15-21-16-26-23(4,5)27-21;1-3-4-2/h7-14,21H,6,15-16H2,1-5H3;3H2,1-2H3. The second-order valence-electron chi connectivity index (χ2n) is 8.45. The van der Waals surface area contributed by atoms with Crippen molar-refractivity contribution in [2.75, 3.05) is 33.5 Å². The average molecular weight is 431 g/mol. The Kier molecular flexibility index (Phi) is 9.35. The van der Waals surface area contributed by atoms with Gasteiger partial charge in [0, 0.05) is 19.1 Å². The van der Waals surface area contributed by atoms with Crippen LogP contribution in [0.25, 0.3) is 0 Å². The molecule has 1 saturated heterocycles. The Labute approximate surface area is 187 Å². The van der Waals surface area contributed by atoms with Crippen molar-refractivity contribution in [1.82, 2.24) is 0 Å². The summed E-state index contributed by atoms with van der Waals surface area (Å²) in [5.74, 6) is 1.23. The lowest BCUT2D eigenvalue weighted by Crippen LogP contribution is -2.25. The smallest absolute Gasteiger partial charge is 0.163 e. The maximum Gasteiger partial charge on any atom is 0.163 e. The third kappa shape index (κ3) is 7.53. The fourth-order valence-corrected chi connectivity index (χ4v) is 3.30. The number of methoxy groups -OCH3 is 1. The molecule has 1 heterocycles. The van der Waals surface area contributed by atoms with E-state index >= 15 is 0 Å². The zero-order valence-electron chi connectivity index (χ0n) is 20.1. The van der Waals surface area contributed by atoms with Crippen molar-refractivity contribution in [2.45, 2.75) is 58.8 Å². The van der Waals surface area contributed by atoms with Crippen LogP contribution in [0.2, 0.25) is 0 Å². The molecular weight excluding hydrogens is 392 g/mol. The van der Waals surface area contributed by atoms with Gasteiger partial charge < -0.3 is 23.7 Å². The second-order valence-corrected chi connectivity index (χ2v) is 8.45. The molecule has 0 N–H and O–H groups in total. The summed E-state index contributed by atoms with van der Waals surface area (Å²) in [5, 5.41) is 0. The first-order chi connectivity index (χ1) is 14.7. The van der Waals surface area contributed by atoms with Crippen molar-refractivity contribution in [3.8, 4) is 11.5 Å². The monoisotopic (exact) mass is 430 g/mol. The SMILES string of the molecule is CCOC.CCOc1ccc(C(C)(C)c2ccc(OCC3COC(C)(C)O3)cc2)cc1. The van der Waals surface area contributed by atoms with Crippen molar-refractivity contribution < 1.29 is 23.7 Å². The summed E-state index contributed by atoms with van der Waals surface area (Å²) >= 11 is 0. The van der Waals surface area contributed by atoms with Crippen LogP contribution in [0, 0.1) is 0 Å². The van der Waals surface area contributed by atoms with E-state index in [0.717, 1.165) is 18.1 Å². The highest BCUT2D eigenvalue weighted by Gasteiger charge is 2.33. The summed E-state index contributed by atoms with van der Waals surface area (Å²) in [6.07, 6.45) is -0.0278. The summed E-state index contributed by atoms with van der Waals surface area (Å²) in [7, 11) is 1.68. The van der Waals surface area contributed by atoms with E-state index < -0.39 is 5.79 Å². The molecule has 0 aromatic heterocycles. The van der Waals surface area contributed by atoms with Crippen LogP contribution < -0.4 is 9.47 Å². The van der Waals surface area contributed by atoms with Crippen molar-refractivity contribution in [3.05, 3.63) is 59.7 Å². The Morgan fingerprint density at radius 1 is 0.871 bits per heavy atom. The molecule has 1 fully saturated rings. The third-order valence-corrected chi connectivity index (χ3v) is 5.25. The van der Waals surface area contributed by atoms with Gasteiger partial charge in [0.1, 0.15) is 24.2 Å². The summed E-state index contributed by atoms with van der Waals surface area (Å²) in [6, 6.07) is 16.6. The predicted octanol–water partition coefficient (Wildman–Crippen LogP) is 5.59. The lowest BCUT2D eigenvalue weighted by molar-refractivity contribution is -0.141. The molecule has 2 aromatic carbocycles. The van der Waals surface area contributed by atoms with E-state index in [-0.39, 0.29) is 11.5 Å². The van der Waals surface area contributed by atoms with Crippen LogP contribution in [0.4, 0.5) is 0 Å². The number of ether oxygens (including phenoxy) is 5. The first kappa shape index (κ1) is 25.2. The fraction of sp³-hybridized carbons (Fsp3) is 0.538. The Bertz CT molecular complexity index is 763. The molecule has 1 aliphatic rings. The highest BCUT2D eigenvalue weighted by Crippen LogP contribution is 2.33. The molecule has 5 nitrogen and oxygen atoms in total. The van der Waals surface area contributed by atoms with Crippen molar-refractivity contribution in [1.29, 1.82) is 0 Å². The highest BCUT2D eigenvalue weighted by atomic mass is 16.7. The third-order valence-electron chi connectivity index (χ3n) is 5.25. The maximum atomic E-state index is 5.88. The minimum Gasteiger partial charge on any atom is -0.494 e. The van der Waals surface area contributed by atoms with E-state index in [1.807, 2.05) is 52.0 Å². The first-order valence-corrected chi connectivity index (χ1v) is 11.0. The van der Waals surface area contributed by atoms with Crippen molar-refractivity contribution >= 4 is 0 Å². The van der Waals surface area contributed by atoms with E-state index in [9.17, 15) is 0 Å². The minimum atomic E-state index is -0.514. The molecule has 172 valence electrons. The van der Waals surface area contributed by atoms with Crippen LogP contribution in [-0.4, -0.2) is 45.4 Å². The number of hydrogen-bond acceptors (Lipinski definition) is 5. The lowest BCUT2D eigenvalue weighted by Gasteiger charge is -2.26. The van der Waals surface area contributed by atoms with Gasteiger partial charge in [-0.3, -0.25) is 0 Å². The Morgan fingerprint density at radius 3 is 1.74 bits per heavy atom. The summed E-state index contributed by atoms with van der Waals surface area (Å²) in [5.41, 5.74) is 2.38. The van der Waals surface area contributed by atoms with Crippen LogP contribution in [0.5, 0.6) is 11.5 Å². The predicted molar refractivity (Wildman–Crippen MR) is 124 cm³/mol. The Hall–Kier alpha value is -2.08. The molecule has 3 rings (SSSR count). The quantitative estimate of drug-likeness (QED) is 0.546. The van der Waals surface area contributed by atoms with Gasteiger partial charge in [0.15, 0.2) is 5.79 Å². The van der Waals surface area contributed by atoms with Crippen molar-refractivity contribution in [3.63, 3.8) is 0 Å². The molecule has 5 heteroatoms. The van der Waals surface area contributed by atoms with E-state index in [1.165, 1.54) is 11.1 Å². The van der Waals surface area contributed by atoms with E-state index in [1.54, 1.807) is 7.11 Å². The van der Waals surface area contributed by atoms with Crippen LogP contribution in [0.3, 0.4) is 0 Å². The molecule has 1 unspecified atom stereocenters. The molecule has 0 bridgehead atoms. The van der Waals surface area contributed by atoms with Gasteiger partial charge in [-0.2, -0.15) is 0 Å². The zero-order chi connectivity index (χ0) is 22.9. The number of benzene rings is 2. The molecule has 0 aliphatic carbocycles. The van der Waals surface area contributed by atoms with E-state index in [4.69, 9.17) is 18.9 Å². The lowest BCUT2D eigenvalue weighted by atomic mass is 9.78. The topological polar surface area (TPSA) is 46.2 Å². The molecule has 0 amide bonds. The molecule has 2 aromatic rings. The van der Waals surface area contributed by atoms with Gasteiger partial charge in [-0.1, -0.05) is 38.1 Å². The summed E-state index contributed by atoms with van der Waals surface area (Å²) in [4.78, 5) is 0. The second kappa shape index (κ2) is 11.5. The zero-order valence-corrected chi connectivity index (χ0v) is 20.1. The van der Waals surface area contributed by atoms with Gasteiger partial charge in [-0.25, -0.2) is 0 Å².